The van der Waals surface area contributed by atoms with Crippen molar-refractivity contribution in [2.75, 3.05) is 0 Å². The van der Waals surface area contributed by atoms with Crippen LogP contribution in [0.4, 0.5) is 0 Å². The van der Waals surface area contributed by atoms with Gasteiger partial charge in [0.15, 0.2) is 0 Å². The van der Waals surface area contributed by atoms with Crippen molar-refractivity contribution in [2.45, 2.75) is 25.2 Å². The van der Waals surface area contributed by atoms with Gasteiger partial charge in [-0.1, -0.05) is 23.7 Å². The largest absolute Gasteiger partial charge is 0.0840 e. The van der Waals surface area contributed by atoms with Crippen molar-refractivity contribution in [2.24, 2.45) is 0 Å². The normalized spacial score (nSPS) is 16.5. The zero-order valence-corrected chi connectivity index (χ0v) is 7.77. The van der Waals surface area contributed by atoms with E-state index in [1.54, 1.807) is 0 Å². The smallest absolute Gasteiger partial charge is 0.0438 e. The monoisotopic (exact) mass is 179 g/mol. The Morgan fingerprint density at radius 3 is 2.75 bits per heavy atom. The van der Waals surface area contributed by atoms with Gasteiger partial charge in [0, 0.05) is 5.02 Å². The maximum absolute atomic E-state index is 5.98. The summed E-state index contributed by atoms with van der Waals surface area (Å²) in [7, 11) is 0. The Labute approximate surface area is 78.6 Å². The highest BCUT2D eigenvalue weighted by Gasteiger charge is 2.23. The van der Waals surface area contributed by atoms with E-state index in [1.807, 2.05) is 6.07 Å². The van der Waals surface area contributed by atoms with Crippen LogP contribution in [0, 0.1) is 6.92 Å². The molecule has 0 heterocycles. The van der Waals surface area contributed by atoms with Crippen LogP contribution in [0.3, 0.4) is 0 Å². The second kappa shape index (κ2) is 3.10. The van der Waals surface area contributed by atoms with Crippen LogP contribution < -0.4 is 0 Å². The lowest BCUT2D eigenvalue weighted by Crippen LogP contribution is -1.86. The number of hydrogen-bond donors (Lipinski definition) is 0. The maximum Gasteiger partial charge on any atom is 0.0438 e. The van der Waals surface area contributed by atoms with Gasteiger partial charge >= 0.3 is 0 Å². The Morgan fingerprint density at radius 2 is 2.17 bits per heavy atom. The van der Waals surface area contributed by atoms with Gasteiger partial charge in [0.25, 0.3) is 0 Å². The molecular weight excluding hydrogens is 168 g/mol. The highest BCUT2D eigenvalue weighted by Crippen LogP contribution is 2.40. The minimum absolute atomic E-state index is 0.791. The van der Waals surface area contributed by atoms with Crippen molar-refractivity contribution < 1.29 is 0 Å². The van der Waals surface area contributed by atoms with Crippen LogP contribution in [-0.4, -0.2) is 0 Å². The van der Waals surface area contributed by atoms with Crippen molar-refractivity contribution in [1.82, 2.24) is 0 Å². The molecule has 0 aromatic heterocycles. The summed E-state index contributed by atoms with van der Waals surface area (Å²) in [4.78, 5) is 0. The van der Waals surface area contributed by atoms with E-state index >= 15 is 0 Å². The molecule has 1 aromatic rings. The molecule has 1 aliphatic carbocycles. The maximum atomic E-state index is 5.98. The van der Waals surface area contributed by atoms with E-state index in [1.165, 1.54) is 24.0 Å². The summed E-state index contributed by atoms with van der Waals surface area (Å²) in [5.41, 5.74) is 2.62. The summed E-state index contributed by atoms with van der Waals surface area (Å²) < 4.78 is 0. The lowest BCUT2D eigenvalue weighted by molar-refractivity contribution is 1.11. The number of hydrogen-bond acceptors (Lipinski definition) is 0. The van der Waals surface area contributed by atoms with Crippen molar-refractivity contribution in [3.05, 3.63) is 41.3 Å². The Bertz CT molecular complexity index is 287. The van der Waals surface area contributed by atoms with Crippen LogP contribution in [0.25, 0.3) is 0 Å². The Hall–Kier alpha value is -0.490. The average molecular weight is 180 g/mol. The minimum atomic E-state index is 0.791. The van der Waals surface area contributed by atoms with E-state index in [0.29, 0.717) is 0 Å². The third kappa shape index (κ3) is 1.49. The van der Waals surface area contributed by atoms with Gasteiger partial charge in [-0.3, -0.25) is 0 Å². The summed E-state index contributed by atoms with van der Waals surface area (Å²) in [5, 5.41) is 0.856. The number of rotatable bonds is 2. The SMILES string of the molecule is [CH2]Cc1cc(C2CC2)ccc1Cl. The van der Waals surface area contributed by atoms with Gasteiger partial charge in [0.2, 0.25) is 0 Å². The van der Waals surface area contributed by atoms with Crippen LogP contribution in [0.15, 0.2) is 18.2 Å². The van der Waals surface area contributed by atoms with Crippen LogP contribution in [0.1, 0.15) is 29.9 Å². The van der Waals surface area contributed by atoms with E-state index in [2.05, 4.69) is 19.1 Å². The van der Waals surface area contributed by atoms with E-state index in [-0.39, 0.29) is 0 Å². The van der Waals surface area contributed by atoms with Gasteiger partial charge in [-0.2, -0.15) is 0 Å². The summed E-state index contributed by atoms with van der Waals surface area (Å²) in [5.74, 6) is 0.813. The van der Waals surface area contributed by atoms with Gasteiger partial charge in [-0.15, -0.1) is 0 Å². The molecule has 1 radical (unpaired) electrons. The first-order valence-corrected chi connectivity index (χ1v) is 4.76. The third-order valence-electron chi connectivity index (χ3n) is 2.39. The van der Waals surface area contributed by atoms with Crippen molar-refractivity contribution in [3.8, 4) is 0 Å². The molecule has 1 aliphatic rings. The highest BCUT2D eigenvalue weighted by molar-refractivity contribution is 6.31. The fraction of sp³-hybridized carbons (Fsp3) is 0.364. The molecule has 0 N–H and O–H groups in total. The molecule has 1 saturated carbocycles. The lowest BCUT2D eigenvalue weighted by atomic mass is 10.1. The summed E-state index contributed by atoms with van der Waals surface area (Å²) in [6.07, 6.45) is 3.48. The van der Waals surface area contributed by atoms with E-state index < -0.39 is 0 Å². The zero-order chi connectivity index (χ0) is 8.55. The molecule has 0 spiro atoms. The zero-order valence-electron chi connectivity index (χ0n) is 7.02. The summed E-state index contributed by atoms with van der Waals surface area (Å²) in [6.45, 7) is 3.85. The van der Waals surface area contributed by atoms with E-state index in [9.17, 15) is 0 Å². The molecule has 0 saturated heterocycles. The first kappa shape index (κ1) is 8.12. The van der Waals surface area contributed by atoms with Crippen LogP contribution in [0.5, 0.6) is 0 Å². The van der Waals surface area contributed by atoms with Gasteiger partial charge in [-0.05, 0) is 49.3 Å². The minimum Gasteiger partial charge on any atom is -0.0840 e. The molecule has 0 nitrogen and oxygen atoms in total. The molecule has 0 bridgehead atoms. The molecule has 1 aromatic carbocycles. The van der Waals surface area contributed by atoms with Crippen LogP contribution >= 0.6 is 11.6 Å². The third-order valence-corrected chi connectivity index (χ3v) is 2.76. The molecule has 0 amide bonds. The number of benzene rings is 1. The van der Waals surface area contributed by atoms with Gasteiger partial charge in [0.05, 0.1) is 0 Å². The Kier molecular flexibility index (Phi) is 2.10. The van der Waals surface area contributed by atoms with Crippen LogP contribution in [-0.2, 0) is 6.42 Å². The average Bonchev–Trinajstić information content (AvgIpc) is 2.88. The molecule has 0 atom stereocenters. The van der Waals surface area contributed by atoms with Crippen molar-refractivity contribution >= 4 is 11.6 Å². The molecular formula is C11H12Cl. The van der Waals surface area contributed by atoms with Gasteiger partial charge in [0.1, 0.15) is 0 Å². The van der Waals surface area contributed by atoms with E-state index in [0.717, 1.165) is 17.4 Å². The standard InChI is InChI=1S/C11H12Cl/c1-2-8-7-10(9-3-4-9)5-6-11(8)12/h5-7,9H,1-4H2. The second-order valence-corrected chi connectivity index (χ2v) is 3.78. The quantitative estimate of drug-likeness (QED) is 0.651. The highest BCUT2D eigenvalue weighted by atomic mass is 35.5. The molecule has 63 valence electrons. The first-order valence-electron chi connectivity index (χ1n) is 4.39. The molecule has 12 heavy (non-hydrogen) atoms. The van der Waals surface area contributed by atoms with Crippen molar-refractivity contribution in [1.29, 1.82) is 0 Å². The predicted octanol–water partition coefficient (Wildman–Crippen LogP) is 3.59. The van der Waals surface area contributed by atoms with Crippen LogP contribution in [0.2, 0.25) is 5.02 Å². The molecule has 1 fully saturated rings. The topological polar surface area (TPSA) is 0 Å². The Morgan fingerprint density at radius 1 is 1.42 bits per heavy atom. The van der Waals surface area contributed by atoms with Gasteiger partial charge < -0.3 is 0 Å². The fourth-order valence-corrected chi connectivity index (χ4v) is 1.67. The van der Waals surface area contributed by atoms with E-state index in [4.69, 9.17) is 11.6 Å². The van der Waals surface area contributed by atoms with Gasteiger partial charge in [-0.25, -0.2) is 0 Å². The lowest BCUT2D eigenvalue weighted by Gasteiger charge is -2.03. The fourth-order valence-electron chi connectivity index (χ4n) is 1.46. The Balaban J connectivity index is 2.33. The molecule has 0 unspecified atom stereocenters. The summed E-state index contributed by atoms with van der Waals surface area (Å²) in [6, 6.07) is 6.34. The molecule has 0 aliphatic heterocycles. The second-order valence-electron chi connectivity index (χ2n) is 3.38. The number of halogens is 1. The predicted molar refractivity (Wildman–Crippen MR) is 52.5 cm³/mol. The van der Waals surface area contributed by atoms with Crippen molar-refractivity contribution in [3.63, 3.8) is 0 Å². The summed E-state index contributed by atoms with van der Waals surface area (Å²) >= 11 is 5.98. The molecule has 1 heteroatoms. The first-order chi connectivity index (χ1) is 5.81. The molecule has 2 rings (SSSR count).